The van der Waals surface area contributed by atoms with Gasteiger partial charge in [0.2, 0.25) is 0 Å². The Bertz CT molecular complexity index is 106. The zero-order valence-corrected chi connectivity index (χ0v) is 6.03. The Hall–Kier alpha value is 1.10. The summed E-state index contributed by atoms with van der Waals surface area (Å²) in [5.41, 5.74) is 0. The predicted octanol–water partition coefficient (Wildman–Crippen LogP) is -1.94. The van der Waals surface area contributed by atoms with Crippen molar-refractivity contribution < 1.29 is 0 Å². The zero-order chi connectivity index (χ0) is 6.55. The maximum absolute atomic E-state index is 2.47. The normalized spacial score (nSPS) is 52.4. The molecular weight excluding hydrogens is 168 g/mol. The summed E-state index contributed by atoms with van der Waals surface area (Å²) in [5, 5.41) is 0. The molecule has 4 aliphatic rings. The van der Waals surface area contributed by atoms with Crippen LogP contribution in [0.2, 0.25) is 0 Å². The van der Waals surface area contributed by atoms with Crippen molar-refractivity contribution in [3.8, 4) is 0 Å². The molecule has 4 rings (SSSR count). The molecule has 0 radical (unpaired) electrons. The molecule has 4 heterocycles. The molecule has 0 unspecified atom stereocenters. The Balaban J connectivity index is 0.000000480. The monoisotopic (exact) mass is 182 g/mol. The Morgan fingerprint density at radius 3 is 0.818 bits per heavy atom. The summed E-state index contributed by atoms with van der Waals surface area (Å²) < 4.78 is 0. The van der Waals surface area contributed by atoms with Crippen LogP contribution in [0.4, 0.5) is 0 Å². The number of rotatable bonds is 0. The third kappa shape index (κ3) is 1.46. The zero-order valence-electron chi connectivity index (χ0n) is 6.03. The van der Waals surface area contributed by atoms with Gasteiger partial charge in [0.05, 0.1) is 40.0 Å². The van der Waals surface area contributed by atoms with Crippen LogP contribution in [0, 0.1) is 0 Å². The molecule has 4 nitrogen and oxygen atoms in total. The minimum atomic E-state index is 0. The summed E-state index contributed by atoms with van der Waals surface area (Å²) in [6.45, 7) is 7.12. The topological polar surface area (TPSA) is 13.0 Å². The van der Waals surface area contributed by atoms with Crippen LogP contribution in [0.5, 0.6) is 0 Å². The second-order valence-electron chi connectivity index (χ2n) is 3.53. The average Bonchev–Trinajstić information content (AvgIpc) is 1.82. The van der Waals surface area contributed by atoms with E-state index >= 15 is 0 Å². The van der Waals surface area contributed by atoms with E-state index < -0.39 is 0 Å². The molecule has 0 spiro atoms. The van der Waals surface area contributed by atoms with E-state index in [0.717, 1.165) is 0 Å². The molecule has 0 atom stereocenters. The van der Waals surface area contributed by atoms with Crippen molar-refractivity contribution in [2.45, 2.75) is 0 Å². The van der Waals surface area contributed by atoms with Crippen molar-refractivity contribution in [2.24, 2.45) is 0 Å². The Kier molecular flexibility index (Phi) is 2.45. The molecule has 0 aromatic carbocycles. The van der Waals surface area contributed by atoms with Gasteiger partial charge in [0.15, 0.2) is 0 Å². The van der Waals surface area contributed by atoms with E-state index in [1.807, 2.05) is 0 Å². The molecular formula is C6H14CaN4. The van der Waals surface area contributed by atoms with Gasteiger partial charge < -0.3 is 0 Å². The molecule has 4 aliphatic heterocycles. The van der Waals surface area contributed by atoms with Gasteiger partial charge in [-0.1, -0.05) is 0 Å². The Morgan fingerprint density at radius 2 is 0.636 bits per heavy atom. The summed E-state index contributed by atoms with van der Waals surface area (Å²) in [4.78, 5) is 9.88. The van der Waals surface area contributed by atoms with Crippen LogP contribution in [-0.4, -0.2) is 97.4 Å². The van der Waals surface area contributed by atoms with E-state index in [2.05, 4.69) is 19.6 Å². The first kappa shape index (κ1) is 8.69. The second-order valence-corrected chi connectivity index (χ2v) is 3.53. The van der Waals surface area contributed by atoms with Gasteiger partial charge in [-0.2, -0.15) is 0 Å². The van der Waals surface area contributed by atoms with E-state index in [1.54, 1.807) is 0 Å². The summed E-state index contributed by atoms with van der Waals surface area (Å²) in [6, 6.07) is 0. The van der Waals surface area contributed by atoms with Crippen LogP contribution >= 0.6 is 0 Å². The average molecular weight is 182 g/mol. The van der Waals surface area contributed by atoms with E-state index in [9.17, 15) is 0 Å². The summed E-state index contributed by atoms with van der Waals surface area (Å²) in [7, 11) is 0. The molecule has 0 amide bonds. The maximum atomic E-state index is 2.47. The Labute approximate surface area is 96.7 Å². The van der Waals surface area contributed by atoms with Crippen molar-refractivity contribution >= 4 is 37.7 Å². The SMILES string of the molecule is C1N2CN3CN1CN(C2)C3.[CaH2]. The molecule has 4 fully saturated rings. The number of hydrogen-bond donors (Lipinski definition) is 0. The third-order valence-electron chi connectivity index (χ3n) is 2.40. The van der Waals surface area contributed by atoms with Crippen LogP contribution in [0.25, 0.3) is 0 Å². The first-order valence-corrected chi connectivity index (χ1v) is 3.79. The molecule has 0 aromatic rings. The van der Waals surface area contributed by atoms with Gasteiger partial charge in [-0.05, 0) is 0 Å². The molecule has 0 aliphatic carbocycles. The molecule has 5 heteroatoms. The fourth-order valence-electron chi connectivity index (χ4n) is 2.23. The van der Waals surface area contributed by atoms with Gasteiger partial charge >= 0.3 is 37.7 Å². The first-order chi connectivity index (χ1) is 4.90. The number of hydrogen-bond acceptors (Lipinski definition) is 4. The molecule has 4 bridgehead atoms. The molecule has 11 heavy (non-hydrogen) atoms. The van der Waals surface area contributed by atoms with Gasteiger partial charge in [0.1, 0.15) is 0 Å². The van der Waals surface area contributed by atoms with E-state index in [1.165, 1.54) is 40.0 Å². The Morgan fingerprint density at radius 1 is 0.455 bits per heavy atom. The fraction of sp³-hybridized carbons (Fsp3) is 1.00. The van der Waals surface area contributed by atoms with E-state index in [0.29, 0.717) is 0 Å². The number of nitrogens with zero attached hydrogens (tertiary/aromatic N) is 4. The van der Waals surface area contributed by atoms with Gasteiger partial charge in [0, 0.05) is 0 Å². The summed E-state index contributed by atoms with van der Waals surface area (Å²) >= 11 is 0. The van der Waals surface area contributed by atoms with Crippen LogP contribution in [0.1, 0.15) is 0 Å². The van der Waals surface area contributed by atoms with Crippen molar-refractivity contribution in [1.82, 2.24) is 19.6 Å². The van der Waals surface area contributed by atoms with Crippen molar-refractivity contribution in [3.05, 3.63) is 0 Å². The third-order valence-corrected chi connectivity index (χ3v) is 2.40. The molecule has 0 saturated carbocycles. The van der Waals surface area contributed by atoms with Crippen LogP contribution < -0.4 is 0 Å². The van der Waals surface area contributed by atoms with Gasteiger partial charge in [-0.15, -0.1) is 0 Å². The summed E-state index contributed by atoms with van der Waals surface area (Å²) in [6.07, 6.45) is 0. The van der Waals surface area contributed by atoms with Gasteiger partial charge in [-0.25, -0.2) is 0 Å². The van der Waals surface area contributed by atoms with Crippen molar-refractivity contribution in [1.29, 1.82) is 0 Å². The van der Waals surface area contributed by atoms with Crippen LogP contribution in [0.15, 0.2) is 0 Å². The van der Waals surface area contributed by atoms with Crippen molar-refractivity contribution in [3.63, 3.8) is 0 Å². The minimum absolute atomic E-state index is 0. The molecule has 0 N–H and O–H groups in total. The van der Waals surface area contributed by atoms with Crippen LogP contribution in [0.3, 0.4) is 0 Å². The molecule has 0 aromatic heterocycles. The fourth-order valence-corrected chi connectivity index (χ4v) is 2.23. The van der Waals surface area contributed by atoms with Crippen LogP contribution in [-0.2, 0) is 0 Å². The predicted molar refractivity (Wildman–Crippen MR) is 45.1 cm³/mol. The first-order valence-electron chi connectivity index (χ1n) is 3.79. The van der Waals surface area contributed by atoms with Crippen molar-refractivity contribution in [2.75, 3.05) is 40.0 Å². The van der Waals surface area contributed by atoms with Gasteiger partial charge in [0.25, 0.3) is 0 Å². The summed E-state index contributed by atoms with van der Waals surface area (Å²) in [5.74, 6) is 0. The standard InChI is InChI=1S/C6H12N4.Ca.2H/c1-7-2-9-4-8(1)5-10(3-7)6-9;;;/h1-6H2;;;. The quantitative estimate of drug-likeness (QED) is 0.404. The molecule has 4 saturated heterocycles. The second kappa shape index (κ2) is 3.10. The van der Waals surface area contributed by atoms with Gasteiger partial charge in [-0.3, -0.25) is 19.6 Å². The van der Waals surface area contributed by atoms with E-state index in [4.69, 9.17) is 0 Å². The van der Waals surface area contributed by atoms with E-state index in [-0.39, 0.29) is 37.7 Å². The molecule has 60 valence electrons.